The van der Waals surface area contributed by atoms with Gasteiger partial charge < -0.3 is 9.88 Å². The third-order valence-corrected chi connectivity index (χ3v) is 6.33. The van der Waals surface area contributed by atoms with Gasteiger partial charge >= 0.3 is 0 Å². The lowest BCUT2D eigenvalue weighted by Gasteiger charge is -2.56. The van der Waals surface area contributed by atoms with Crippen molar-refractivity contribution in [3.05, 3.63) is 72.3 Å². The van der Waals surface area contributed by atoms with E-state index in [2.05, 4.69) is 24.8 Å². The third kappa shape index (κ3) is 3.23. The maximum Gasteiger partial charge on any atom is 0.141 e. The molecule has 2 atom stereocenters. The van der Waals surface area contributed by atoms with Crippen molar-refractivity contribution in [1.82, 2.24) is 24.8 Å². The molecule has 3 aliphatic heterocycles. The number of piperazine rings is 1. The number of hydrogen-bond donors (Lipinski definition) is 1. The first-order valence-electron chi connectivity index (χ1n) is 10.3. The van der Waals surface area contributed by atoms with Crippen LogP contribution in [-0.4, -0.2) is 50.0 Å². The predicted octanol–water partition coefficient (Wildman–Crippen LogP) is 3.76. The average Bonchev–Trinajstić information content (AvgIpc) is 3.26. The van der Waals surface area contributed by atoms with Crippen LogP contribution in [0.3, 0.4) is 0 Å². The number of aromatic nitrogens is 4. The van der Waals surface area contributed by atoms with Crippen LogP contribution in [0, 0.1) is 11.6 Å². The smallest absolute Gasteiger partial charge is 0.141 e. The molecule has 8 heteroatoms. The van der Waals surface area contributed by atoms with E-state index >= 15 is 0 Å². The van der Waals surface area contributed by atoms with E-state index in [0.29, 0.717) is 24.2 Å². The lowest BCUT2D eigenvalue weighted by molar-refractivity contribution is -0.00880. The van der Waals surface area contributed by atoms with E-state index in [4.69, 9.17) is 4.98 Å². The maximum absolute atomic E-state index is 13.5. The second-order valence-electron chi connectivity index (χ2n) is 8.27. The minimum atomic E-state index is -0.521. The summed E-state index contributed by atoms with van der Waals surface area (Å²) in [4.78, 5) is 21.1. The molecular formula is C23H20F2N6. The van der Waals surface area contributed by atoms with Crippen LogP contribution >= 0.6 is 0 Å². The van der Waals surface area contributed by atoms with Gasteiger partial charge in [-0.3, -0.25) is 4.90 Å². The lowest BCUT2D eigenvalue weighted by atomic mass is 9.86. The number of fused-ring (bicyclic) bond motifs is 3. The third-order valence-electron chi connectivity index (χ3n) is 6.33. The number of benzene rings is 1. The van der Waals surface area contributed by atoms with Crippen molar-refractivity contribution in [3.63, 3.8) is 0 Å². The molecule has 4 aromatic rings. The van der Waals surface area contributed by atoms with Gasteiger partial charge in [-0.05, 0) is 42.3 Å². The number of rotatable bonds is 4. The van der Waals surface area contributed by atoms with Gasteiger partial charge in [0.1, 0.15) is 29.4 Å². The van der Waals surface area contributed by atoms with Crippen LogP contribution < -0.4 is 4.90 Å². The van der Waals surface area contributed by atoms with Gasteiger partial charge in [-0.2, -0.15) is 0 Å². The van der Waals surface area contributed by atoms with Crippen LogP contribution in [-0.2, 0) is 6.54 Å². The molecule has 7 rings (SSSR count). The molecule has 3 aromatic heterocycles. The van der Waals surface area contributed by atoms with Crippen molar-refractivity contribution >= 4 is 16.9 Å². The zero-order valence-corrected chi connectivity index (χ0v) is 16.7. The molecule has 0 aliphatic carbocycles. The Kier molecular flexibility index (Phi) is 4.21. The summed E-state index contributed by atoms with van der Waals surface area (Å²) in [5.41, 5.74) is 3.31. The summed E-state index contributed by atoms with van der Waals surface area (Å²) in [5.74, 6) is -0.103. The van der Waals surface area contributed by atoms with Crippen molar-refractivity contribution in [2.45, 2.75) is 25.0 Å². The fraction of sp³-hybridized carbons (Fsp3) is 0.261. The molecule has 156 valence electrons. The Balaban J connectivity index is 1.17. The lowest BCUT2D eigenvalue weighted by Crippen LogP contribution is -2.68. The summed E-state index contributed by atoms with van der Waals surface area (Å²) in [5, 5.41) is 0.973. The molecule has 0 radical (unpaired) electrons. The number of H-pyrrole nitrogens is 1. The molecule has 0 amide bonds. The number of nitrogens with one attached hydrogen (secondary N) is 1. The van der Waals surface area contributed by atoms with Gasteiger partial charge in [0, 0.05) is 61.1 Å². The molecule has 0 saturated carbocycles. The Labute approximate surface area is 177 Å². The van der Waals surface area contributed by atoms with Gasteiger partial charge in [0.2, 0.25) is 0 Å². The minimum Gasteiger partial charge on any atom is -0.353 e. The summed E-state index contributed by atoms with van der Waals surface area (Å²) in [6.45, 7) is 2.29. The van der Waals surface area contributed by atoms with E-state index in [1.54, 1.807) is 6.33 Å². The standard InChI is InChI=1S/C23H20F2N6/c24-16-5-14(6-17(25)7-16)10-31-18-8-19(31)12-30(11-18)21-2-1-15(9-27-21)22-20-3-4-26-23(20)29-13-28-22/h1-7,9,13,18-19H,8,10-12H2,(H,26,28,29). The zero-order valence-electron chi connectivity index (χ0n) is 16.7. The summed E-state index contributed by atoms with van der Waals surface area (Å²) in [7, 11) is 0. The topological polar surface area (TPSA) is 60.9 Å². The molecular weight excluding hydrogens is 398 g/mol. The van der Waals surface area contributed by atoms with E-state index < -0.39 is 11.6 Å². The number of aromatic amines is 1. The van der Waals surface area contributed by atoms with E-state index in [-0.39, 0.29) is 0 Å². The molecule has 31 heavy (non-hydrogen) atoms. The molecule has 0 spiro atoms. The highest BCUT2D eigenvalue weighted by atomic mass is 19.1. The molecule has 1 N–H and O–H groups in total. The number of pyridine rings is 1. The largest absolute Gasteiger partial charge is 0.353 e. The second kappa shape index (κ2) is 7.09. The van der Waals surface area contributed by atoms with Gasteiger partial charge in [-0.15, -0.1) is 0 Å². The van der Waals surface area contributed by atoms with Crippen LogP contribution in [0.25, 0.3) is 22.3 Å². The van der Waals surface area contributed by atoms with Crippen molar-refractivity contribution < 1.29 is 8.78 Å². The minimum absolute atomic E-state index is 0.368. The van der Waals surface area contributed by atoms with Crippen molar-refractivity contribution in [2.24, 2.45) is 0 Å². The van der Waals surface area contributed by atoms with Crippen LogP contribution in [0.2, 0.25) is 0 Å². The first-order chi connectivity index (χ1) is 15.1. The van der Waals surface area contributed by atoms with Crippen molar-refractivity contribution in [2.75, 3.05) is 18.0 Å². The van der Waals surface area contributed by atoms with Crippen LogP contribution in [0.1, 0.15) is 12.0 Å². The first kappa shape index (κ1) is 18.4. The number of piperidine rings is 1. The normalized spacial score (nSPS) is 20.8. The number of anilines is 1. The van der Waals surface area contributed by atoms with Crippen molar-refractivity contribution in [1.29, 1.82) is 0 Å². The highest BCUT2D eigenvalue weighted by molar-refractivity contribution is 5.90. The van der Waals surface area contributed by atoms with Crippen LogP contribution in [0.4, 0.5) is 14.6 Å². The van der Waals surface area contributed by atoms with E-state index in [1.165, 1.54) is 12.1 Å². The Morgan fingerprint density at radius 1 is 0.968 bits per heavy atom. The maximum atomic E-state index is 13.5. The van der Waals surface area contributed by atoms with Gasteiger partial charge in [-0.25, -0.2) is 23.7 Å². The molecule has 1 aromatic carbocycles. The summed E-state index contributed by atoms with van der Waals surface area (Å²) < 4.78 is 27.0. The van der Waals surface area contributed by atoms with E-state index in [0.717, 1.165) is 53.7 Å². The summed E-state index contributed by atoms with van der Waals surface area (Å²) >= 11 is 0. The Hall–Kier alpha value is -3.39. The van der Waals surface area contributed by atoms with Gasteiger partial charge in [-0.1, -0.05) is 0 Å². The van der Waals surface area contributed by atoms with Gasteiger partial charge in [0.15, 0.2) is 0 Å². The SMILES string of the molecule is Fc1cc(F)cc(CN2C3CC2CN(c2ccc(-c4ncnc5[nH]ccc45)cn2)C3)c1. The monoisotopic (exact) mass is 418 g/mol. The Morgan fingerprint density at radius 3 is 2.52 bits per heavy atom. The van der Waals surface area contributed by atoms with Crippen molar-refractivity contribution in [3.8, 4) is 11.3 Å². The molecule has 2 bridgehead atoms. The summed E-state index contributed by atoms with van der Waals surface area (Å²) in [6.07, 6.45) is 6.38. The van der Waals surface area contributed by atoms with Gasteiger partial charge in [0.25, 0.3) is 0 Å². The molecule has 6 nitrogen and oxygen atoms in total. The zero-order chi connectivity index (χ0) is 20.9. The quantitative estimate of drug-likeness (QED) is 0.547. The molecule has 2 unspecified atom stereocenters. The van der Waals surface area contributed by atoms with Crippen LogP contribution in [0.5, 0.6) is 0 Å². The first-order valence-corrected chi connectivity index (χ1v) is 10.3. The van der Waals surface area contributed by atoms with Gasteiger partial charge in [0.05, 0.1) is 5.69 Å². The average molecular weight is 418 g/mol. The molecule has 3 aliphatic rings. The second-order valence-corrected chi connectivity index (χ2v) is 8.27. The predicted molar refractivity (Wildman–Crippen MR) is 113 cm³/mol. The highest BCUT2D eigenvalue weighted by Crippen LogP contribution is 2.36. The Morgan fingerprint density at radius 2 is 1.77 bits per heavy atom. The van der Waals surface area contributed by atoms with E-state index in [1.807, 2.05) is 30.6 Å². The number of hydrogen-bond acceptors (Lipinski definition) is 5. The summed E-state index contributed by atoms with van der Waals surface area (Å²) in [6, 6.07) is 10.5. The Bertz CT molecular complexity index is 1220. The van der Waals surface area contributed by atoms with Crippen LogP contribution in [0.15, 0.2) is 55.1 Å². The highest BCUT2D eigenvalue weighted by Gasteiger charge is 2.44. The fourth-order valence-corrected chi connectivity index (χ4v) is 4.86. The molecule has 3 fully saturated rings. The molecule has 6 heterocycles. The fourth-order valence-electron chi connectivity index (χ4n) is 4.86. The van der Waals surface area contributed by atoms with E-state index in [9.17, 15) is 8.78 Å². The number of halogens is 2. The number of nitrogens with zero attached hydrogens (tertiary/aromatic N) is 5. The molecule has 3 saturated heterocycles.